The second-order valence-electron chi connectivity index (χ2n) is 5.52. The fraction of sp³-hybridized carbons (Fsp3) is 0.333. The second kappa shape index (κ2) is 6.00. The van der Waals surface area contributed by atoms with Crippen LogP contribution in [0.5, 0.6) is 0 Å². The van der Waals surface area contributed by atoms with Crippen LogP contribution >= 0.6 is 11.6 Å². The van der Waals surface area contributed by atoms with Crippen LogP contribution in [0.2, 0.25) is 5.02 Å². The number of aryl methyl sites for hydroxylation is 2. The first-order chi connectivity index (χ1) is 11.0. The van der Waals surface area contributed by atoms with Gasteiger partial charge in [0.05, 0.1) is 5.92 Å². The minimum atomic E-state index is -0.461. The lowest BCUT2D eigenvalue weighted by Crippen LogP contribution is -2.28. The van der Waals surface area contributed by atoms with Crippen LogP contribution in [0.15, 0.2) is 22.8 Å². The summed E-state index contributed by atoms with van der Waals surface area (Å²) in [6.07, 6.45) is 0.141. The van der Waals surface area contributed by atoms with Gasteiger partial charge in [0, 0.05) is 23.7 Å². The highest BCUT2D eigenvalue weighted by Crippen LogP contribution is 2.30. The van der Waals surface area contributed by atoms with Gasteiger partial charge in [-0.1, -0.05) is 22.8 Å². The molecule has 120 valence electrons. The van der Waals surface area contributed by atoms with Crippen LogP contribution in [0, 0.1) is 19.8 Å². The van der Waals surface area contributed by atoms with Crippen molar-refractivity contribution in [3.8, 4) is 0 Å². The Morgan fingerprint density at radius 3 is 2.87 bits per heavy atom. The molecule has 1 saturated heterocycles. The van der Waals surface area contributed by atoms with Crippen molar-refractivity contribution in [3.63, 3.8) is 0 Å². The van der Waals surface area contributed by atoms with E-state index in [9.17, 15) is 9.59 Å². The molecule has 1 N–H and O–H groups in total. The van der Waals surface area contributed by atoms with E-state index in [-0.39, 0.29) is 24.1 Å². The summed E-state index contributed by atoms with van der Waals surface area (Å²) in [6, 6.07) is 5.36. The number of rotatable bonds is 3. The van der Waals surface area contributed by atoms with Gasteiger partial charge in [0.15, 0.2) is 5.82 Å². The molecule has 23 heavy (non-hydrogen) atoms. The first-order valence-corrected chi connectivity index (χ1v) is 7.50. The van der Waals surface area contributed by atoms with Crippen LogP contribution in [0.3, 0.4) is 0 Å². The predicted molar refractivity (Wildman–Crippen MR) is 84.3 cm³/mol. The Balaban J connectivity index is 1.76. The molecular formula is C15H15ClN4O3. The number of halogens is 1. The molecule has 2 amide bonds. The van der Waals surface area contributed by atoms with Gasteiger partial charge in [-0.25, -0.2) is 4.63 Å². The van der Waals surface area contributed by atoms with E-state index < -0.39 is 5.92 Å². The van der Waals surface area contributed by atoms with Gasteiger partial charge < -0.3 is 10.2 Å². The van der Waals surface area contributed by atoms with Crippen LogP contribution in [-0.2, 0) is 9.59 Å². The van der Waals surface area contributed by atoms with Crippen molar-refractivity contribution in [2.45, 2.75) is 20.3 Å². The van der Waals surface area contributed by atoms with E-state index in [4.69, 9.17) is 11.6 Å². The van der Waals surface area contributed by atoms with E-state index in [0.717, 1.165) is 11.3 Å². The highest BCUT2D eigenvalue weighted by molar-refractivity contribution is 6.31. The number of aromatic nitrogens is 2. The molecule has 1 fully saturated rings. The minimum absolute atomic E-state index is 0.106. The fourth-order valence-electron chi connectivity index (χ4n) is 2.55. The highest BCUT2D eigenvalue weighted by Gasteiger charge is 2.36. The summed E-state index contributed by atoms with van der Waals surface area (Å²) in [5, 5.41) is 10.4. The lowest BCUT2D eigenvalue weighted by Gasteiger charge is -2.19. The summed E-state index contributed by atoms with van der Waals surface area (Å²) in [6.45, 7) is 3.88. The summed E-state index contributed by atoms with van der Waals surface area (Å²) < 4.78 is 4.54. The third-order valence-electron chi connectivity index (χ3n) is 3.85. The molecule has 3 rings (SSSR count). The maximum atomic E-state index is 12.3. The first-order valence-electron chi connectivity index (χ1n) is 7.12. The van der Waals surface area contributed by atoms with Gasteiger partial charge in [-0.05, 0) is 36.7 Å². The number of nitrogens with zero attached hydrogens (tertiary/aromatic N) is 3. The third kappa shape index (κ3) is 3.05. The van der Waals surface area contributed by atoms with Crippen LogP contribution < -0.4 is 10.2 Å². The number of carbonyl (C=O) groups is 2. The van der Waals surface area contributed by atoms with Gasteiger partial charge in [0.25, 0.3) is 0 Å². The van der Waals surface area contributed by atoms with Crippen molar-refractivity contribution in [1.82, 2.24) is 10.3 Å². The molecule has 7 nitrogen and oxygen atoms in total. The molecule has 1 aliphatic rings. The quantitative estimate of drug-likeness (QED) is 0.930. The summed E-state index contributed by atoms with van der Waals surface area (Å²) in [5.41, 5.74) is 2.16. The monoisotopic (exact) mass is 334 g/mol. The van der Waals surface area contributed by atoms with Gasteiger partial charge in [0.2, 0.25) is 11.8 Å². The number of amides is 2. The van der Waals surface area contributed by atoms with Gasteiger partial charge >= 0.3 is 0 Å². The normalized spacial score (nSPS) is 17.6. The zero-order chi connectivity index (χ0) is 16.6. The average molecular weight is 335 g/mol. The largest absolute Gasteiger partial charge is 0.311 e. The summed E-state index contributed by atoms with van der Waals surface area (Å²) in [4.78, 5) is 26.2. The number of carbonyl (C=O) groups excluding carboxylic acids is 2. The Hall–Kier alpha value is -2.41. The van der Waals surface area contributed by atoms with E-state index in [0.29, 0.717) is 17.3 Å². The number of nitrogens with one attached hydrogen (secondary N) is 1. The van der Waals surface area contributed by atoms with Crippen LogP contribution in [0.25, 0.3) is 0 Å². The van der Waals surface area contributed by atoms with Crippen LogP contribution in [-0.4, -0.2) is 28.7 Å². The zero-order valence-electron chi connectivity index (χ0n) is 12.7. The zero-order valence-corrected chi connectivity index (χ0v) is 13.4. The minimum Gasteiger partial charge on any atom is -0.311 e. The Morgan fingerprint density at radius 1 is 1.39 bits per heavy atom. The van der Waals surface area contributed by atoms with E-state index in [1.165, 1.54) is 0 Å². The first kappa shape index (κ1) is 15.5. The highest BCUT2D eigenvalue weighted by atomic mass is 35.5. The Morgan fingerprint density at radius 2 is 2.17 bits per heavy atom. The van der Waals surface area contributed by atoms with Crippen molar-refractivity contribution in [2.24, 2.45) is 5.92 Å². The van der Waals surface area contributed by atoms with Crippen molar-refractivity contribution in [1.29, 1.82) is 0 Å². The molecule has 1 aliphatic heterocycles. The molecule has 2 heterocycles. The summed E-state index contributed by atoms with van der Waals surface area (Å²) in [7, 11) is 0. The maximum Gasteiger partial charge on any atom is 0.231 e. The molecule has 2 aromatic rings. The van der Waals surface area contributed by atoms with Crippen molar-refractivity contribution in [3.05, 3.63) is 34.5 Å². The van der Waals surface area contributed by atoms with Gasteiger partial charge in [-0.2, -0.15) is 0 Å². The molecule has 1 aromatic carbocycles. The molecule has 0 spiro atoms. The molecular weight excluding hydrogens is 320 g/mol. The summed E-state index contributed by atoms with van der Waals surface area (Å²) >= 11 is 6.01. The number of hydrogen-bond acceptors (Lipinski definition) is 5. The Kier molecular flexibility index (Phi) is 4.04. The van der Waals surface area contributed by atoms with Gasteiger partial charge in [-0.15, -0.1) is 0 Å². The SMILES string of the molecule is Cc1ccc(Cl)cc1N1C[C@@H](C(=O)Nc2nonc2C)CC1=O. The molecule has 0 unspecified atom stereocenters. The van der Waals surface area contributed by atoms with Crippen molar-refractivity contribution >= 4 is 34.9 Å². The summed E-state index contributed by atoms with van der Waals surface area (Å²) in [5.74, 6) is -0.568. The fourth-order valence-corrected chi connectivity index (χ4v) is 2.72. The molecule has 0 bridgehead atoms. The van der Waals surface area contributed by atoms with E-state index in [1.54, 1.807) is 24.0 Å². The number of anilines is 2. The van der Waals surface area contributed by atoms with E-state index in [1.807, 2.05) is 13.0 Å². The van der Waals surface area contributed by atoms with Crippen LogP contribution in [0.4, 0.5) is 11.5 Å². The number of hydrogen-bond donors (Lipinski definition) is 1. The van der Waals surface area contributed by atoms with E-state index >= 15 is 0 Å². The van der Waals surface area contributed by atoms with Crippen molar-refractivity contribution < 1.29 is 14.2 Å². The molecule has 0 saturated carbocycles. The molecule has 0 aliphatic carbocycles. The topological polar surface area (TPSA) is 88.3 Å². The smallest absolute Gasteiger partial charge is 0.231 e. The standard InChI is InChI=1S/C15H15ClN4O3/c1-8-3-4-11(16)6-12(8)20-7-10(5-13(20)21)15(22)17-14-9(2)18-23-19-14/h3-4,6,10H,5,7H2,1-2H3,(H,17,19,22)/t10-/m0/s1. The van der Waals surface area contributed by atoms with Crippen LogP contribution in [0.1, 0.15) is 17.7 Å². The van der Waals surface area contributed by atoms with Gasteiger partial charge in [-0.3, -0.25) is 9.59 Å². The third-order valence-corrected chi connectivity index (χ3v) is 4.09. The predicted octanol–water partition coefficient (Wildman–Crippen LogP) is 2.33. The van der Waals surface area contributed by atoms with E-state index in [2.05, 4.69) is 20.3 Å². The molecule has 0 radical (unpaired) electrons. The van der Waals surface area contributed by atoms with Gasteiger partial charge in [0.1, 0.15) is 5.69 Å². The molecule has 1 atom stereocenters. The Labute approximate surface area is 137 Å². The number of benzene rings is 1. The van der Waals surface area contributed by atoms with Crippen molar-refractivity contribution in [2.75, 3.05) is 16.8 Å². The molecule has 1 aromatic heterocycles. The average Bonchev–Trinajstić information content (AvgIpc) is 3.08. The molecule has 8 heteroatoms. The Bertz CT molecular complexity index is 774. The lowest BCUT2D eigenvalue weighted by molar-refractivity contribution is -0.122. The lowest BCUT2D eigenvalue weighted by atomic mass is 10.1. The maximum absolute atomic E-state index is 12.3. The second-order valence-corrected chi connectivity index (χ2v) is 5.96.